The highest BCUT2D eigenvalue weighted by Gasteiger charge is 2.35. The summed E-state index contributed by atoms with van der Waals surface area (Å²) in [5.74, 6) is 9.58. The summed E-state index contributed by atoms with van der Waals surface area (Å²) in [7, 11) is 0. The number of hydrogen-bond acceptors (Lipinski definition) is 8. The van der Waals surface area contributed by atoms with Crippen LogP contribution in [-0.2, 0) is 18.9 Å². The van der Waals surface area contributed by atoms with Crippen LogP contribution in [0.25, 0.3) is 0 Å². The minimum atomic E-state index is 0.387. The van der Waals surface area contributed by atoms with Crippen LogP contribution in [0.1, 0.15) is 0 Å². The molecule has 0 aromatic heterocycles. The van der Waals surface area contributed by atoms with E-state index in [9.17, 15) is 0 Å². The van der Waals surface area contributed by atoms with Crippen LogP contribution in [0.4, 0.5) is 0 Å². The maximum absolute atomic E-state index is 5.40. The molecule has 0 spiro atoms. The number of thioether (sulfide) groups is 4. The molecule has 4 aliphatic rings. The summed E-state index contributed by atoms with van der Waals surface area (Å²) in [5.41, 5.74) is 0.387. The first-order chi connectivity index (χ1) is 12.3. The molecule has 4 aliphatic heterocycles. The topological polar surface area (TPSA) is 50.1 Å². The van der Waals surface area contributed by atoms with E-state index in [1.54, 1.807) is 0 Å². The Morgan fingerprint density at radius 2 is 0.760 bits per heavy atom. The fraction of sp³-hybridized carbons (Fsp3) is 1.00. The average Bonchev–Trinajstić information content (AvgIpc) is 3.44. The summed E-state index contributed by atoms with van der Waals surface area (Å²) in [6.45, 7) is 3.87. The van der Waals surface area contributed by atoms with Gasteiger partial charge in [-0.05, 0) is 0 Å². The maximum atomic E-state index is 5.40. The molecule has 4 fully saturated rings. The van der Waals surface area contributed by atoms with Crippen LogP contribution in [0.15, 0.2) is 0 Å². The second kappa shape index (κ2) is 9.63. The van der Waals surface area contributed by atoms with Gasteiger partial charge in [0.1, 0.15) is 0 Å². The van der Waals surface area contributed by atoms with Gasteiger partial charge in [0.15, 0.2) is 0 Å². The molecular formula is C17H28O4S4. The van der Waals surface area contributed by atoms with Gasteiger partial charge in [-0.3, -0.25) is 0 Å². The molecule has 0 aromatic carbocycles. The standard InChI is InChI=1S/C17H28O4S4/c1-13(18-1)5-22-9-17(10-23-6-14-2-19-14,11-24-7-15-3-20-15)12-25-8-16-4-21-16/h13-16H,1-12H2. The molecule has 8 heteroatoms. The Morgan fingerprint density at radius 3 is 0.960 bits per heavy atom. The van der Waals surface area contributed by atoms with E-state index in [0.29, 0.717) is 29.8 Å². The first-order valence-electron chi connectivity index (χ1n) is 9.09. The molecule has 0 radical (unpaired) electrons. The van der Waals surface area contributed by atoms with E-state index in [-0.39, 0.29) is 0 Å². The molecular weight excluding hydrogens is 396 g/mol. The Morgan fingerprint density at radius 1 is 0.520 bits per heavy atom. The van der Waals surface area contributed by atoms with Gasteiger partial charge in [-0.15, -0.1) is 0 Å². The number of rotatable bonds is 16. The van der Waals surface area contributed by atoms with Crippen molar-refractivity contribution in [3.8, 4) is 0 Å². The van der Waals surface area contributed by atoms with E-state index in [4.69, 9.17) is 18.9 Å². The molecule has 4 heterocycles. The zero-order chi connectivity index (χ0) is 17.0. The molecule has 4 atom stereocenters. The number of hydrogen-bond donors (Lipinski definition) is 0. The zero-order valence-corrected chi connectivity index (χ0v) is 17.8. The third kappa shape index (κ3) is 8.02. The highest BCUT2D eigenvalue weighted by atomic mass is 32.2. The Balaban J connectivity index is 1.27. The van der Waals surface area contributed by atoms with Crippen molar-refractivity contribution in [1.82, 2.24) is 0 Å². The second-order valence-electron chi connectivity index (χ2n) is 7.38. The quantitative estimate of drug-likeness (QED) is 0.350. The van der Waals surface area contributed by atoms with Crippen LogP contribution in [0.3, 0.4) is 0 Å². The summed E-state index contributed by atoms with van der Waals surface area (Å²) in [4.78, 5) is 0. The van der Waals surface area contributed by atoms with Crippen LogP contribution in [0.5, 0.6) is 0 Å². The van der Waals surface area contributed by atoms with E-state index in [2.05, 4.69) is 47.0 Å². The van der Waals surface area contributed by atoms with E-state index in [1.807, 2.05) is 0 Å². The lowest BCUT2D eigenvalue weighted by molar-refractivity contribution is 0.424. The molecule has 0 amide bonds. The molecule has 25 heavy (non-hydrogen) atoms. The van der Waals surface area contributed by atoms with Gasteiger partial charge < -0.3 is 18.9 Å². The Hall–Kier alpha value is 1.24. The molecule has 144 valence electrons. The smallest absolute Gasteiger partial charge is 0.0900 e. The maximum Gasteiger partial charge on any atom is 0.0900 e. The largest absolute Gasteiger partial charge is 0.372 e. The fourth-order valence-electron chi connectivity index (χ4n) is 2.53. The molecule has 0 aromatic rings. The van der Waals surface area contributed by atoms with Gasteiger partial charge in [-0.1, -0.05) is 0 Å². The predicted octanol–water partition coefficient (Wildman–Crippen LogP) is 2.50. The fourth-order valence-corrected chi connectivity index (χ4v) is 8.56. The van der Waals surface area contributed by atoms with E-state index < -0.39 is 0 Å². The minimum Gasteiger partial charge on any atom is -0.372 e. The van der Waals surface area contributed by atoms with Gasteiger partial charge >= 0.3 is 0 Å². The molecule has 0 aliphatic carbocycles. The molecule has 0 bridgehead atoms. The molecule has 0 saturated carbocycles. The van der Waals surface area contributed by atoms with Crippen molar-refractivity contribution in [2.75, 3.05) is 72.5 Å². The van der Waals surface area contributed by atoms with Crippen molar-refractivity contribution in [3.63, 3.8) is 0 Å². The highest BCUT2D eigenvalue weighted by Crippen LogP contribution is 2.38. The van der Waals surface area contributed by atoms with Gasteiger partial charge in [0.2, 0.25) is 0 Å². The third-order valence-electron chi connectivity index (χ3n) is 4.46. The van der Waals surface area contributed by atoms with E-state index >= 15 is 0 Å². The Kier molecular flexibility index (Phi) is 7.53. The summed E-state index contributed by atoms with van der Waals surface area (Å²) in [6, 6.07) is 0. The summed E-state index contributed by atoms with van der Waals surface area (Å²) in [5, 5.41) is 0. The van der Waals surface area contributed by atoms with Gasteiger partial charge in [0, 0.05) is 51.4 Å². The molecule has 4 rings (SSSR count). The Labute approximate surface area is 168 Å². The van der Waals surface area contributed by atoms with Crippen molar-refractivity contribution in [2.24, 2.45) is 5.41 Å². The summed E-state index contributed by atoms with van der Waals surface area (Å²) in [6.07, 6.45) is 2.09. The zero-order valence-electron chi connectivity index (χ0n) is 14.6. The first kappa shape index (κ1) is 19.6. The van der Waals surface area contributed by atoms with Crippen molar-refractivity contribution in [3.05, 3.63) is 0 Å². The molecule has 4 nitrogen and oxygen atoms in total. The summed E-state index contributed by atoms with van der Waals surface area (Å²) >= 11 is 8.38. The highest BCUT2D eigenvalue weighted by molar-refractivity contribution is 8.02. The second-order valence-corrected chi connectivity index (χ2v) is 11.5. The van der Waals surface area contributed by atoms with Crippen molar-refractivity contribution >= 4 is 47.0 Å². The number of epoxide rings is 4. The summed E-state index contributed by atoms with van der Waals surface area (Å²) < 4.78 is 21.6. The predicted molar refractivity (Wildman–Crippen MR) is 111 cm³/mol. The van der Waals surface area contributed by atoms with Crippen molar-refractivity contribution in [1.29, 1.82) is 0 Å². The van der Waals surface area contributed by atoms with Crippen LogP contribution in [-0.4, -0.2) is 96.9 Å². The normalized spacial score (nSPS) is 34.6. The monoisotopic (exact) mass is 424 g/mol. The van der Waals surface area contributed by atoms with Gasteiger partial charge in [0.05, 0.1) is 50.8 Å². The van der Waals surface area contributed by atoms with E-state index in [1.165, 1.54) is 23.0 Å². The van der Waals surface area contributed by atoms with Crippen LogP contribution >= 0.6 is 47.0 Å². The molecule has 4 unspecified atom stereocenters. The number of ether oxygens (including phenoxy) is 4. The third-order valence-corrected chi connectivity index (χ3v) is 10.2. The Bertz CT molecular complexity index is 334. The van der Waals surface area contributed by atoms with Gasteiger partial charge in [0.25, 0.3) is 0 Å². The SMILES string of the molecule is C1OC1CSCC(CSCC1CO1)(CSCC1CO1)CSCC1CO1. The van der Waals surface area contributed by atoms with Crippen LogP contribution in [0, 0.1) is 5.41 Å². The van der Waals surface area contributed by atoms with E-state index in [0.717, 1.165) is 49.4 Å². The van der Waals surface area contributed by atoms with Crippen LogP contribution < -0.4 is 0 Å². The van der Waals surface area contributed by atoms with Crippen molar-refractivity contribution in [2.45, 2.75) is 24.4 Å². The molecule has 4 saturated heterocycles. The molecule has 0 N–H and O–H groups in total. The average molecular weight is 425 g/mol. The lowest BCUT2D eigenvalue weighted by Crippen LogP contribution is -2.34. The van der Waals surface area contributed by atoms with Gasteiger partial charge in [-0.2, -0.15) is 47.0 Å². The lowest BCUT2D eigenvalue weighted by Gasteiger charge is -2.33. The van der Waals surface area contributed by atoms with Crippen molar-refractivity contribution < 1.29 is 18.9 Å². The minimum absolute atomic E-state index is 0.387. The lowest BCUT2D eigenvalue weighted by atomic mass is 9.99. The van der Waals surface area contributed by atoms with Crippen LogP contribution in [0.2, 0.25) is 0 Å². The van der Waals surface area contributed by atoms with Gasteiger partial charge in [-0.25, -0.2) is 0 Å². The first-order valence-corrected chi connectivity index (χ1v) is 13.7.